The Labute approximate surface area is 120 Å². The van der Waals surface area contributed by atoms with Gasteiger partial charge in [-0.1, -0.05) is 26.2 Å². The van der Waals surface area contributed by atoms with E-state index in [0.29, 0.717) is 17.3 Å². The van der Waals surface area contributed by atoms with E-state index in [0.717, 1.165) is 30.1 Å². The zero-order valence-corrected chi connectivity index (χ0v) is 12.6. The first-order chi connectivity index (χ1) is 9.51. The average molecular weight is 276 g/mol. The molecule has 2 N–H and O–H groups in total. The van der Waals surface area contributed by atoms with E-state index in [1.165, 1.54) is 19.3 Å². The molecule has 2 unspecified atom stereocenters. The first-order valence-corrected chi connectivity index (χ1v) is 7.49. The average Bonchev–Trinajstić information content (AvgIpc) is 2.37. The summed E-state index contributed by atoms with van der Waals surface area (Å²) in [5, 5.41) is 12.8. The predicted octanol–water partition coefficient (Wildman–Crippen LogP) is 3.78. The molecule has 0 radical (unpaired) electrons. The topological polar surface area (TPSA) is 62.2 Å². The van der Waals surface area contributed by atoms with Crippen LogP contribution >= 0.6 is 0 Å². The van der Waals surface area contributed by atoms with Crippen molar-refractivity contribution in [1.82, 2.24) is 4.98 Å². The van der Waals surface area contributed by atoms with Gasteiger partial charge in [-0.2, -0.15) is 0 Å². The molecule has 2 atom stereocenters. The summed E-state index contributed by atoms with van der Waals surface area (Å²) >= 11 is 0. The zero-order chi connectivity index (χ0) is 14.7. The van der Waals surface area contributed by atoms with Crippen LogP contribution in [0.15, 0.2) is 6.07 Å². The number of aromatic nitrogens is 1. The number of rotatable bonds is 4. The molecule has 2 rings (SSSR count). The van der Waals surface area contributed by atoms with Crippen molar-refractivity contribution in [2.24, 2.45) is 5.92 Å². The number of nitrogens with zero attached hydrogens (tertiary/aromatic N) is 1. The molecule has 1 heterocycles. The summed E-state index contributed by atoms with van der Waals surface area (Å²) in [6.07, 6.45) is 5.99. The number of hydrogen-bond donors (Lipinski definition) is 2. The van der Waals surface area contributed by atoms with Gasteiger partial charge < -0.3 is 10.4 Å². The van der Waals surface area contributed by atoms with Gasteiger partial charge in [0.15, 0.2) is 0 Å². The summed E-state index contributed by atoms with van der Waals surface area (Å²) in [5.74, 6) is -0.140. The molecule has 1 aromatic heterocycles. The minimum absolute atomic E-state index is 0.314. The third kappa shape index (κ3) is 3.30. The van der Waals surface area contributed by atoms with Gasteiger partial charge in [-0.05, 0) is 38.7 Å². The smallest absolute Gasteiger partial charge is 0.339 e. The quantitative estimate of drug-likeness (QED) is 0.878. The lowest BCUT2D eigenvalue weighted by Crippen LogP contribution is -2.28. The number of carboxylic acids is 1. The molecular weight excluding hydrogens is 252 g/mol. The Morgan fingerprint density at radius 3 is 2.85 bits per heavy atom. The number of nitrogens with one attached hydrogen (secondary N) is 1. The van der Waals surface area contributed by atoms with Crippen LogP contribution in [0.1, 0.15) is 60.8 Å². The number of pyridine rings is 1. The van der Waals surface area contributed by atoms with E-state index in [1.54, 1.807) is 6.92 Å². The largest absolute Gasteiger partial charge is 0.478 e. The number of hydrogen-bond acceptors (Lipinski definition) is 3. The standard InChI is InChI=1S/C16H24N2O2/c1-4-12-6-5-7-13(9-12)18-14-8-10(2)17-11(3)15(14)16(19)20/h8,12-13H,4-7,9H2,1-3H3,(H,17,18)(H,19,20). The Morgan fingerprint density at radius 2 is 2.20 bits per heavy atom. The van der Waals surface area contributed by atoms with E-state index in [9.17, 15) is 9.90 Å². The first-order valence-electron chi connectivity index (χ1n) is 7.49. The van der Waals surface area contributed by atoms with Gasteiger partial charge in [0.2, 0.25) is 0 Å². The summed E-state index contributed by atoms with van der Waals surface area (Å²) in [4.78, 5) is 15.7. The van der Waals surface area contributed by atoms with E-state index < -0.39 is 5.97 Å². The van der Waals surface area contributed by atoms with Crippen LogP contribution < -0.4 is 5.32 Å². The summed E-state index contributed by atoms with van der Waals surface area (Å²) in [6, 6.07) is 2.24. The molecular formula is C16H24N2O2. The van der Waals surface area contributed by atoms with Gasteiger partial charge in [-0.15, -0.1) is 0 Å². The Morgan fingerprint density at radius 1 is 1.45 bits per heavy atom. The van der Waals surface area contributed by atoms with E-state index in [4.69, 9.17) is 0 Å². The molecule has 0 aromatic carbocycles. The molecule has 0 bridgehead atoms. The molecule has 1 aliphatic carbocycles. The van der Waals surface area contributed by atoms with Crippen molar-refractivity contribution in [1.29, 1.82) is 0 Å². The molecule has 20 heavy (non-hydrogen) atoms. The second-order valence-corrected chi connectivity index (χ2v) is 5.86. The van der Waals surface area contributed by atoms with E-state index >= 15 is 0 Å². The minimum atomic E-state index is -0.902. The Bertz CT molecular complexity index is 499. The SMILES string of the molecule is CCC1CCCC(Nc2cc(C)nc(C)c2C(=O)O)C1. The van der Waals surface area contributed by atoms with Gasteiger partial charge in [0.05, 0.1) is 11.4 Å². The van der Waals surface area contributed by atoms with Gasteiger partial charge in [-0.25, -0.2) is 4.79 Å². The number of carboxylic acid groups (broad SMARTS) is 1. The van der Waals surface area contributed by atoms with E-state index in [-0.39, 0.29) is 0 Å². The van der Waals surface area contributed by atoms with Crippen LogP contribution in [-0.4, -0.2) is 22.1 Å². The first kappa shape index (κ1) is 14.8. The molecule has 1 aromatic rings. The third-order valence-corrected chi connectivity index (χ3v) is 4.26. The highest BCUT2D eigenvalue weighted by molar-refractivity contribution is 5.95. The maximum atomic E-state index is 11.4. The number of aromatic carboxylic acids is 1. The maximum Gasteiger partial charge on any atom is 0.339 e. The van der Waals surface area contributed by atoms with Crippen molar-refractivity contribution in [3.63, 3.8) is 0 Å². The second-order valence-electron chi connectivity index (χ2n) is 5.86. The number of anilines is 1. The molecule has 4 heteroatoms. The predicted molar refractivity (Wildman–Crippen MR) is 80.3 cm³/mol. The highest BCUT2D eigenvalue weighted by atomic mass is 16.4. The van der Waals surface area contributed by atoms with Crippen LogP contribution in [0.4, 0.5) is 5.69 Å². The molecule has 110 valence electrons. The summed E-state index contributed by atoms with van der Waals surface area (Å²) in [6.45, 7) is 5.90. The monoisotopic (exact) mass is 276 g/mol. The molecule has 0 spiro atoms. The van der Waals surface area contributed by atoms with Crippen molar-refractivity contribution >= 4 is 11.7 Å². The molecule has 0 saturated heterocycles. The fraction of sp³-hybridized carbons (Fsp3) is 0.625. The summed E-state index contributed by atoms with van der Waals surface area (Å²) in [7, 11) is 0. The lowest BCUT2D eigenvalue weighted by atomic mass is 9.84. The van der Waals surface area contributed by atoms with Gasteiger partial charge in [0.25, 0.3) is 0 Å². The summed E-state index contributed by atoms with van der Waals surface area (Å²) < 4.78 is 0. The number of aryl methyl sites for hydroxylation is 2. The van der Waals surface area contributed by atoms with Crippen LogP contribution in [0.2, 0.25) is 0 Å². The Kier molecular flexibility index (Phi) is 4.63. The normalized spacial score (nSPS) is 22.6. The lowest BCUT2D eigenvalue weighted by molar-refractivity contribution is 0.0696. The summed E-state index contributed by atoms with van der Waals surface area (Å²) in [5.41, 5.74) is 2.49. The molecule has 4 nitrogen and oxygen atoms in total. The van der Waals surface area contributed by atoms with Crippen molar-refractivity contribution in [2.45, 2.75) is 58.9 Å². The Balaban J connectivity index is 2.22. The molecule has 1 fully saturated rings. The van der Waals surface area contributed by atoms with Crippen LogP contribution in [0.5, 0.6) is 0 Å². The molecule has 1 aliphatic rings. The third-order valence-electron chi connectivity index (χ3n) is 4.26. The second kappa shape index (κ2) is 6.25. The fourth-order valence-electron chi connectivity index (χ4n) is 3.23. The van der Waals surface area contributed by atoms with E-state index in [1.807, 2.05) is 13.0 Å². The lowest BCUT2D eigenvalue weighted by Gasteiger charge is -2.30. The van der Waals surface area contributed by atoms with Crippen LogP contribution in [0.3, 0.4) is 0 Å². The highest BCUT2D eigenvalue weighted by Gasteiger charge is 2.23. The minimum Gasteiger partial charge on any atom is -0.478 e. The molecule has 1 saturated carbocycles. The molecule has 0 amide bonds. The van der Waals surface area contributed by atoms with Crippen molar-refractivity contribution in [3.05, 3.63) is 23.0 Å². The van der Waals surface area contributed by atoms with Gasteiger partial charge in [0.1, 0.15) is 5.56 Å². The zero-order valence-electron chi connectivity index (χ0n) is 12.6. The van der Waals surface area contributed by atoms with Gasteiger partial charge in [-0.3, -0.25) is 4.98 Å². The van der Waals surface area contributed by atoms with Crippen molar-refractivity contribution < 1.29 is 9.90 Å². The Hall–Kier alpha value is -1.58. The van der Waals surface area contributed by atoms with Crippen LogP contribution in [0.25, 0.3) is 0 Å². The van der Waals surface area contributed by atoms with Gasteiger partial charge >= 0.3 is 5.97 Å². The van der Waals surface area contributed by atoms with Crippen molar-refractivity contribution in [2.75, 3.05) is 5.32 Å². The van der Waals surface area contributed by atoms with Crippen LogP contribution in [-0.2, 0) is 0 Å². The van der Waals surface area contributed by atoms with Gasteiger partial charge in [0, 0.05) is 11.7 Å². The van der Waals surface area contributed by atoms with Crippen LogP contribution in [0, 0.1) is 19.8 Å². The van der Waals surface area contributed by atoms with E-state index in [2.05, 4.69) is 17.2 Å². The fourth-order valence-corrected chi connectivity index (χ4v) is 3.23. The molecule has 0 aliphatic heterocycles. The highest BCUT2D eigenvalue weighted by Crippen LogP contribution is 2.30. The number of carbonyl (C=O) groups is 1. The van der Waals surface area contributed by atoms with Crippen molar-refractivity contribution in [3.8, 4) is 0 Å². The maximum absolute atomic E-state index is 11.4.